The van der Waals surface area contributed by atoms with Gasteiger partial charge in [-0.25, -0.2) is 8.42 Å². The van der Waals surface area contributed by atoms with Gasteiger partial charge in [0, 0.05) is 42.3 Å². The predicted molar refractivity (Wildman–Crippen MR) is 93.4 cm³/mol. The molecule has 1 aromatic rings. The molecule has 0 saturated carbocycles. The van der Waals surface area contributed by atoms with Crippen molar-refractivity contribution < 1.29 is 13.2 Å². The van der Waals surface area contributed by atoms with E-state index in [2.05, 4.69) is 20.8 Å². The molecule has 0 unspecified atom stereocenters. The van der Waals surface area contributed by atoms with Crippen LogP contribution in [0.5, 0.6) is 0 Å². The van der Waals surface area contributed by atoms with Crippen molar-refractivity contribution in [2.45, 2.75) is 19.4 Å². The summed E-state index contributed by atoms with van der Waals surface area (Å²) in [6.45, 7) is 4.76. The molecule has 1 aromatic carbocycles. The highest BCUT2D eigenvalue weighted by atomic mass is 79.9. The van der Waals surface area contributed by atoms with Crippen LogP contribution in [0.25, 0.3) is 0 Å². The molecule has 5 nitrogen and oxygen atoms in total. The van der Waals surface area contributed by atoms with Crippen LogP contribution in [0.2, 0.25) is 0 Å². The molecule has 0 bridgehead atoms. The van der Waals surface area contributed by atoms with Crippen molar-refractivity contribution in [3.8, 4) is 0 Å². The van der Waals surface area contributed by atoms with Crippen LogP contribution in [0.4, 0.5) is 0 Å². The van der Waals surface area contributed by atoms with Crippen molar-refractivity contribution in [2.24, 2.45) is 0 Å². The molecule has 0 radical (unpaired) electrons. The van der Waals surface area contributed by atoms with E-state index in [1.54, 1.807) is 0 Å². The number of rotatable bonds is 2. The predicted octanol–water partition coefficient (Wildman–Crippen LogP) is 1.70. The summed E-state index contributed by atoms with van der Waals surface area (Å²) < 4.78 is 24.2. The molecule has 2 aliphatic heterocycles. The highest BCUT2D eigenvalue weighted by Crippen LogP contribution is 2.21. The van der Waals surface area contributed by atoms with Crippen molar-refractivity contribution in [3.05, 3.63) is 33.8 Å². The molecule has 0 spiro atoms. The van der Waals surface area contributed by atoms with Crippen molar-refractivity contribution in [3.63, 3.8) is 0 Å². The minimum atomic E-state index is -2.85. The Morgan fingerprint density at radius 3 is 2.48 bits per heavy atom. The number of aryl methyl sites for hydroxylation is 1. The second kappa shape index (κ2) is 6.53. The first kappa shape index (κ1) is 16.9. The van der Waals surface area contributed by atoms with Gasteiger partial charge < -0.3 is 4.90 Å². The summed E-state index contributed by atoms with van der Waals surface area (Å²) in [6.07, 6.45) is 0.724. The zero-order valence-electron chi connectivity index (χ0n) is 13.2. The molecular weight excluding hydrogens is 380 g/mol. The largest absolute Gasteiger partial charge is 0.336 e. The lowest BCUT2D eigenvalue weighted by molar-refractivity contribution is 0.0587. The van der Waals surface area contributed by atoms with E-state index in [1.807, 2.05) is 30.0 Å². The van der Waals surface area contributed by atoms with Crippen LogP contribution < -0.4 is 0 Å². The number of halogens is 1. The quantitative estimate of drug-likeness (QED) is 0.757. The molecule has 0 aliphatic carbocycles. The van der Waals surface area contributed by atoms with Crippen LogP contribution in [0.3, 0.4) is 0 Å². The lowest BCUT2D eigenvalue weighted by Crippen LogP contribution is -2.52. The first-order chi connectivity index (χ1) is 10.9. The molecule has 1 amide bonds. The zero-order chi connectivity index (χ0) is 16.6. The van der Waals surface area contributed by atoms with Gasteiger partial charge in [-0.1, -0.05) is 15.9 Å². The van der Waals surface area contributed by atoms with E-state index in [0.29, 0.717) is 18.8 Å². The number of sulfone groups is 1. The lowest BCUT2D eigenvalue weighted by Gasteiger charge is -2.37. The first-order valence-corrected chi connectivity index (χ1v) is 10.5. The topological polar surface area (TPSA) is 57.7 Å². The minimum absolute atomic E-state index is 0.0636. The Morgan fingerprint density at radius 2 is 1.91 bits per heavy atom. The number of nitrogens with zero attached hydrogens (tertiary/aromatic N) is 2. The average Bonchev–Trinajstić information content (AvgIpc) is 2.87. The number of carbonyl (C=O) groups is 1. The fraction of sp³-hybridized carbons (Fsp3) is 0.562. The van der Waals surface area contributed by atoms with Crippen LogP contribution in [0, 0.1) is 6.92 Å². The van der Waals surface area contributed by atoms with Crippen LogP contribution >= 0.6 is 15.9 Å². The van der Waals surface area contributed by atoms with E-state index in [-0.39, 0.29) is 17.7 Å². The molecule has 0 N–H and O–H groups in total. The molecular formula is C16H21BrN2O3S. The second-order valence-electron chi connectivity index (χ2n) is 6.34. The summed E-state index contributed by atoms with van der Waals surface area (Å²) in [5.74, 6) is 0.635. The molecule has 2 aliphatic rings. The molecule has 2 saturated heterocycles. The zero-order valence-corrected chi connectivity index (χ0v) is 15.6. The van der Waals surface area contributed by atoms with E-state index in [1.165, 1.54) is 0 Å². The van der Waals surface area contributed by atoms with Gasteiger partial charge in [0.2, 0.25) is 0 Å². The molecule has 126 valence electrons. The number of benzene rings is 1. The third-order valence-corrected chi connectivity index (χ3v) is 6.99. The Balaban J connectivity index is 1.61. The van der Waals surface area contributed by atoms with Crippen molar-refractivity contribution in [2.75, 3.05) is 37.7 Å². The molecule has 1 atom stereocenters. The van der Waals surface area contributed by atoms with Gasteiger partial charge in [0.15, 0.2) is 9.84 Å². The van der Waals surface area contributed by atoms with E-state index in [9.17, 15) is 13.2 Å². The Hall–Kier alpha value is -0.920. The standard InChI is InChI=1S/C16H21BrN2O3S/c1-12-10-13(17)2-3-15(12)16(20)19-7-5-18(6-8-19)14-4-9-23(21,22)11-14/h2-3,10,14H,4-9,11H2,1H3/t14-/m1/s1. The maximum Gasteiger partial charge on any atom is 0.254 e. The van der Waals surface area contributed by atoms with Crippen LogP contribution in [-0.4, -0.2) is 67.9 Å². The Morgan fingerprint density at radius 1 is 1.22 bits per heavy atom. The van der Waals surface area contributed by atoms with Crippen LogP contribution in [0.1, 0.15) is 22.3 Å². The van der Waals surface area contributed by atoms with E-state index in [0.717, 1.165) is 35.1 Å². The Bertz CT molecular complexity index is 712. The normalized spacial score (nSPS) is 24.8. The van der Waals surface area contributed by atoms with Crippen LogP contribution in [-0.2, 0) is 9.84 Å². The third kappa shape index (κ3) is 3.78. The fourth-order valence-corrected chi connectivity index (χ4v) is 5.63. The summed E-state index contributed by atoms with van der Waals surface area (Å²) in [5, 5.41) is 0. The number of carbonyl (C=O) groups excluding carboxylic acids is 1. The van der Waals surface area contributed by atoms with Crippen LogP contribution in [0.15, 0.2) is 22.7 Å². The fourth-order valence-electron chi connectivity index (χ4n) is 3.39. The first-order valence-electron chi connectivity index (χ1n) is 7.86. The molecule has 3 rings (SSSR count). The Labute approximate surface area is 145 Å². The van der Waals surface area contributed by atoms with Gasteiger partial charge in [-0.3, -0.25) is 9.69 Å². The summed E-state index contributed by atoms with van der Waals surface area (Å²) in [4.78, 5) is 16.8. The van der Waals surface area contributed by atoms with Gasteiger partial charge in [0.05, 0.1) is 11.5 Å². The SMILES string of the molecule is Cc1cc(Br)ccc1C(=O)N1CCN([C@@H]2CCS(=O)(=O)C2)CC1. The van der Waals surface area contributed by atoms with Gasteiger partial charge in [-0.15, -0.1) is 0 Å². The molecule has 7 heteroatoms. The molecule has 23 heavy (non-hydrogen) atoms. The van der Waals surface area contributed by atoms with Crippen molar-refractivity contribution >= 4 is 31.7 Å². The van der Waals surface area contributed by atoms with E-state index in [4.69, 9.17) is 0 Å². The monoisotopic (exact) mass is 400 g/mol. The number of piperazine rings is 1. The van der Waals surface area contributed by atoms with E-state index < -0.39 is 9.84 Å². The Kier molecular flexibility index (Phi) is 4.80. The van der Waals surface area contributed by atoms with Gasteiger partial charge in [-0.05, 0) is 37.1 Å². The van der Waals surface area contributed by atoms with Gasteiger partial charge in [0.1, 0.15) is 0 Å². The maximum absolute atomic E-state index is 12.7. The van der Waals surface area contributed by atoms with E-state index >= 15 is 0 Å². The smallest absolute Gasteiger partial charge is 0.254 e. The second-order valence-corrected chi connectivity index (χ2v) is 9.49. The summed E-state index contributed by atoms with van der Waals surface area (Å²) in [7, 11) is -2.85. The van der Waals surface area contributed by atoms with Gasteiger partial charge in [-0.2, -0.15) is 0 Å². The highest BCUT2D eigenvalue weighted by Gasteiger charge is 2.34. The average molecular weight is 401 g/mol. The number of hydrogen-bond donors (Lipinski definition) is 0. The number of amides is 1. The molecule has 2 fully saturated rings. The number of hydrogen-bond acceptors (Lipinski definition) is 4. The molecule has 0 aromatic heterocycles. The highest BCUT2D eigenvalue weighted by molar-refractivity contribution is 9.10. The van der Waals surface area contributed by atoms with Crippen molar-refractivity contribution in [1.82, 2.24) is 9.80 Å². The van der Waals surface area contributed by atoms with Gasteiger partial charge >= 0.3 is 0 Å². The summed E-state index contributed by atoms with van der Waals surface area (Å²) in [5.41, 5.74) is 1.71. The summed E-state index contributed by atoms with van der Waals surface area (Å²) in [6, 6.07) is 5.83. The maximum atomic E-state index is 12.7. The minimum Gasteiger partial charge on any atom is -0.336 e. The third-order valence-electron chi connectivity index (χ3n) is 4.75. The van der Waals surface area contributed by atoms with Crippen molar-refractivity contribution in [1.29, 1.82) is 0 Å². The lowest BCUT2D eigenvalue weighted by atomic mass is 10.1. The van der Waals surface area contributed by atoms with Gasteiger partial charge in [0.25, 0.3) is 5.91 Å². The molecule has 2 heterocycles. The summed E-state index contributed by atoms with van der Waals surface area (Å²) >= 11 is 3.42.